The zero-order chi connectivity index (χ0) is 21.3. The van der Waals surface area contributed by atoms with Gasteiger partial charge in [0.05, 0.1) is 24.0 Å². The van der Waals surface area contributed by atoms with Crippen molar-refractivity contribution in [3.63, 3.8) is 0 Å². The van der Waals surface area contributed by atoms with E-state index in [1.807, 2.05) is 0 Å². The van der Waals surface area contributed by atoms with E-state index in [9.17, 15) is 19.1 Å². The van der Waals surface area contributed by atoms with Gasteiger partial charge in [-0.05, 0) is 56.4 Å². The van der Waals surface area contributed by atoms with Gasteiger partial charge < -0.3 is 14.9 Å². The van der Waals surface area contributed by atoms with Gasteiger partial charge in [-0.3, -0.25) is 9.59 Å². The second-order valence-electron chi connectivity index (χ2n) is 8.22. The van der Waals surface area contributed by atoms with Crippen LogP contribution in [0.15, 0.2) is 35.3 Å². The van der Waals surface area contributed by atoms with Crippen LogP contribution in [0.25, 0.3) is 0 Å². The zero-order valence-corrected chi connectivity index (χ0v) is 17.1. The normalized spacial score (nSPS) is 20.4. The molecular weight excluding hydrogens is 387 g/mol. The summed E-state index contributed by atoms with van der Waals surface area (Å²) in [5, 5.41) is 14.1. The van der Waals surface area contributed by atoms with Crippen LogP contribution in [0.2, 0.25) is 0 Å². The molecule has 7 nitrogen and oxygen atoms in total. The number of likely N-dealkylation sites (tertiary alicyclic amines) is 1. The van der Waals surface area contributed by atoms with E-state index < -0.39 is 0 Å². The highest BCUT2D eigenvalue weighted by atomic mass is 19.1. The fraction of sp³-hybridized carbons (Fsp3) is 0.500. The molecule has 0 saturated carbocycles. The zero-order valence-electron chi connectivity index (χ0n) is 17.1. The molecule has 2 aliphatic rings. The minimum absolute atomic E-state index is 0.145. The van der Waals surface area contributed by atoms with E-state index >= 15 is 0 Å². The number of aromatic nitrogens is 2. The van der Waals surface area contributed by atoms with E-state index in [1.165, 1.54) is 22.9 Å². The van der Waals surface area contributed by atoms with Crippen molar-refractivity contribution in [1.82, 2.24) is 14.7 Å². The van der Waals surface area contributed by atoms with Gasteiger partial charge in [-0.25, -0.2) is 9.07 Å². The van der Waals surface area contributed by atoms with Gasteiger partial charge in [0.2, 0.25) is 0 Å². The number of amides is 1. The summed E-state index contributed by atoms with van der Waals surface area (Å²) in [5.41, 5.74) is 1.68. The quantitative estimate of drug-likeness (QED) is 0.833. The fourth-order valence-corrected chi connectivity index (χ4v) is 4.36. The number of aliphatic hydroxyl groups is 1. The number of rotatable bonds is 3. The summed E-state index contributed by atoms with van der Waals surface area (Å²) < 4.78 is 14.9. The summed E-state index contributed by atoms with van der Waals surface area (Å²) in [6, 6.07) is 5.58. The van der Waals surface area contributed by atoms with Gasteiger partial charge in [0.15, 0.2) is 0 Å². The standard InChI is InChI=1S/C22H27FN4O3/c1-15-11-16(23)4-5-20(15)22(30)26-8-2-3-17(14-26)27-21(29)12-18(13-24-27)25-9-6-19(28)7-10-25/h4-5,11-13,17,19,28H,2-3,6-10,14H2,1H3. The number of aryl methyl sites for hydroxylation is 1. The summed E-state index contributed by atoms with van der Waals surface area (Å²) in [6.07, 6.45) is 4.34. The van der Waals surface area contributed by atoms with Crippen molar-refractivity contribution in [3.05, 3.63) is 57.8 Å². The highest BCUT2D eigenvalue weighted by Gasteiger charge is 2.28. The Hall–Kier alpha value is -2.74. The van der Waals surface area contributed by atoms with E-state index in [1.54, 1.807) is 24.1 Å². The number of carbonyl (C=O) groups excluding carboxylic acids is 1. The third kappa shape index (κ3) is 4.23. The van der Waals surface area contributed by atoms with Crippen LogP contribution in [0.1, 0.15) is 47.6 Å². The number of halogens is 1. The summed E-state index contributed by atoms with van der Waals surface area (Å²) in [4.78, 5) is 29.5. The molecule has 0 spiro atoms. The van der Waals surface area contributed by atoms with Crippen molar-refractivity contribution < 1.29 is 14.3 Å². The number of carbonyl (C=O) groups is 1. The van der Waals surface area contributed by atoms with Crippen molar-refractivity contribution in [3.8, 4) is 0 Å². The first-order valence-corrected chi connectivity index (χ1v) is 10.5. The monoisotopic (exact) mass is 414 g/mol. The molecule has 1 atom stereocenters. The number of aliphatic hydroxyl groups excluding tert-OH is 1. The lowest BCUT2D eigenvalue weighted by Crippen LogP contribution is -2.44. The molecule has 1 aromatic carbocycles. The Morgan fingerprint density at radius 3 is 2.63 bits per heavy atom. The minimum atomic E-state index is -0.361. The second-order valence-corrected chi connectivity index (χ2v) is 8.22. The number of hydrogen-bond donors (Lipinski definition) is 1. The van der Waals surface area contributed by atoms with Crippen LogP contribution in [0, 0.1) is 12.7 Å². The topological polar surface area (TPSA) is 78.7 Å². The Labute approximate surface area is 174 Å². The van der Waals surface area contributed by atoms with Crippen molar-refractivity contribution in [2.75, 3.05) is 31.1 Å². The molecule has 0 aliphatic carbocycles. The first-order valence-electron chi connectivity index (χ1n) is 10.5. The molecule has 1 aromatic heterocycles. The van der Waals surface area contributed by atoms with Crippen LogP contribution >= 0.6 is 0 Å². The van der Waals surface area contributed by atoms with Crippen molar-refractivity contribution in [2.24, 2.45) is 0 Å². The van der Waals surface area contributed by atoms with Gasteiger partial charge in [-0.15, -0.1) is 0 Å². The van der Waals surface area contributed by atoms with E-state index in [2.05, 4.69) is 10.00 Å². The Balaban J connectivity index is 1.49. The van der Waals surface area contributed by atoms with Crippen LogP contribution in [0.3, 0.4) is 0 Å². The summed E-state index contributed by atoms with van der Waals surface area (Å²) >= 11 is 0. The molecule has 1 unspecified atom stereocenters. The molecule has 0 bridgehead atoms. The second kappa shape index (κ2) is 8.55. The molecule has 2 fully saturated rings. The van der Waals surface area contributed by atoms with E-state index in [0.29, 0.717) is 50.1 Å². The summed E-state index contributed by atoms with van der Waals surface area (Å²) in [7, 11) is 0. The lowest BCUT2D eigenvalue weighted by molar-refractivity contribution is 0.0669. The molecule has 2 aliphatic heterocycles. The number of benzene rings is 1. The first kappa shape index (κ1) is 20.5. The summed E-state index contributed by atoms with van der Waals surface area (Å²) in [5.74, 6) is -0.506. The van der Waals surface area contributed by atoms with E-state index in [-0.39, 0.29) is 29.4 Å². The molecule has 1 N–H and O–H groups in total. The third-order valence-electron chi connectivity index (χ3n) is 6.09. The van der Waals surface area contributed by atoms with E-state index in [4.69, 9.17) is 0 Å². The predicted octanol–water partition coefficient (Wildman–Crippen LogP) is 2.13. The molecule has 3 heterocycles. The largest absolute Gasteiger partial charge is 0.393 e. The highest BCUT2D eigenvalue weighted by Crippen LogP contribution is 2.23. The molecule has 8 heteroatoms. The van der Waals surface area contributed by atoms with Crippen molar-refractivity contribution in [1.29, 1.82) is 0 Å². The number of anilines is 1. The van der Waals surface area contributed by atoms with Gasteiger partial charge in [-0.2, -0.15) is 5.10 Å². The number of nitrogens with zero attached hydrogens (tertiary/aromatic N) is 4. The molecule has 4 rings (SSSR count). The van der Waals surface area contributed by atoms with Gasteiger partial charge in [0, 0.05) is 37.8 Å². The van der Waals surface area contributed by atoms with Crippen LogP contribution in [-0.4, -0.2) is 58.0 Å². The SMILES string of the molecule is Cc1cc(F)ccc1C(=O)N1CCCC(n2ncc(N3CCC(O)CC3)cc2=O)C1. The van der Waals surface area contributed by atoms with Gasteiger partial charge in [-0.1, -0.05) is 0 Å². The van der Waals surface area contributed by atoms with Crippen LogP contribution in [0.4, 0.5) is 10.1 Å². The average Bonchev–Trinajstić information content (AvgIpc) is 2.74. The third-order valence-corrected chi connectivity index (χ3v) is 6.09. The maximum Gasteiger partial charge on any atom is 0.269 e. The summed E-state index contributed by atoms with van der Waals surface area (Å²) in [6.45, 7) is 4.14. The highest BCUT2D eigenvalue weighted by molar-refractivity contribution is 5.95. The molecular formula is C22H27FN4O3. The van der Waals surface area contributed by atoms with Crippen LogP contribution in [0.5, 0.6) is 0 Å². The minimum Gasteiger partial charge on any atom is -0.393 e. The molecule has 1 amide bonds. The Morgan fingerprint density at radius 1 is 1.17 bits per heavy atom. The fourth-order valence-electron chi connectivity index (χ4n) is 4.36. The maximum atomic E-state index is 13.4. The Kier molecular flexibility index (Phi) is 5.85. The van der Waals surface area contributed by atoms with Gasteiger partial charge in [0.1, 0.15) is 5.82 Å². The maximum absolute atomic E-state index is 13.4. The first-order chi connectivity index (χ1) is 14.4. The van der Waals surface area contributed by atoms with Gasteiger partial charge in [0.25, 0.3) is 11.5 Å². The average molecular weight is 414 g/mol. The van der Waals surface area contributed by atoms with E-state index in [0.717, 1.165) is 18.5 Å². The molecule has 2 saturated heterocycles. The lowest BCUT2D eigenvalue weighted by Gasteiger charge is -2.34. The smallest absolute Gasteiger partial charge is 0.269 e. The Morgan fingerprint density at radius 2 is 1.93 bits per heavy atom. The predicted molar refractivity (Wildman–Crippen MR) is 111 cm³/mol. The molecule has 0 radical (unpaired) electrons. The number of piperidine rings is 2. The van der Waals surface area contributed by atoms with Crippen molar-refractivity contribution >= 4 is 11.6 Å². The van der Waals surface area contributed by atoms with Crippen LogP contribution < -0.4 is 10.5 Å². The molecule has 30 heavy (non-hydrogen) atoms. The molecule has 160 valence electrons. The van der Waals surface area contributed by atoms with Gasteiger partial charge >= 0.3 is 0 Å². The Bertz CT molecular complexity index is 985. The van der Waals surface area contributed by atoms with Crippen LogP contribution in [-0.2, 0) is 0 Å². The number of hydrogen-bond acceptors (Lipinski definition) is 5. The molecule has 2 aromatic rings. The lowest BCUT2D eigenvalue weighted by atomic mass is 10.0. The van der Waals surface area contributed by atoms with Crippen molar-refractivity contribution in [2.45, 2.75) is 44.8 Å².